The molecule has 0 aliphatic rings. The summed E-state index contributed by atoms with van der Waals surface area (Å²) in [5, 5.41) is 3.70. The maximum Gasteiger partial charge on any atom is 0.273 e. The quantitative estimate of drug-likeness (QED) is 0.599. The van der Waals surface area contributed by atoms with Crippen LogP contribution in [0, 0.1) is 0 Å². The lowest BCUT2D eigenvalue weighted by Gasteiger charge is -2.04. The molecule has 0 atom stereocenters. The molecule has 0 bridgehead atoms. The van der Waals surface area contributed by atoms with Crippen LogP contribution in [-0.4, -0.2) is 31.7 Å². The van der Waals surface area contributed by atoms with Gasteiger partial charge in [-0.2, -0.15) is 0 Å². The first-order valence-corrected chi connectivity index (χ1v) is 8.21. The van der Waals surface area contributed by atoms with Crippen LogP contribution in [-0.2, 0) is 11.3 Å². The highest BCUT2D eigenvalue weighted by Gasteiger charge is 2.18. The van der Waals surface area contributed by atoms with Crippen molar-refractivity contribution in [3.8, 4) is 22.5 Å². The molecular weight excluding hydrogens is 354 g/mol. The number of H-pyrrole nitrogens is 1. The third kappa shape index (κ3) is 2.87. The van der Waals surface area contributed by atoms with Crippen LogP contribution >= 0.6 is 11.6 Å². The van der Waals surface area contributed by atoms with E-state index < -0.39 is 0 Å². The zero-order valence-corrected chi connectivity index (χ0v) is 14.6. The normalized spacial score (nSPS) is 11.2. The van der Waals surface area contributed by atoms with Gasteiger partial charge in [0.15, 0.2) is 5.65 Å². The maximum absolute atomic E-state index is 12.6. The highest BCUT2D eigenvalue weighted by Crippen LogP contribution is 2.29. The molecule has 3 aromatic heterocycles. The predicted molar refractivity (Wildman–Crippen MR) is 98.0 cm³/mol. The van der Waals surface area contributed by atoms with Crippen LogP contribution < -0.4 is 5.56 Å². The lowest BCUT2D eigenvalue weighted by atomic mass is 10.1. The van der Waals surface area contributed by atoms with E-state index in [1.54, 1.807) is 37.8 Å². The van der Waals surface area contributed by atoms with Crippen molar-refractivity contribution in [1.29, 1.82) is 0 Å². The van der Waals surface area contributed by atoms with Crippen molar-refractivity contribution in [2.75, 3.05) is 7.11 Å². The average molecular weight is 368 g/mol. The molecule has 1 aromatic carbocycles. The van der Waals surface area contributed by atoms with E-state index in [-0.39, 0.29) is 5.56 Å². The van der Waals surface area contributed by atoms with Gasteiger partial charge in [-0.15, -0.1) is 0 Å². The lowest BCUT2D eigenvalue weighted by molar-refractivity contribution is 0.181. The molecule has 0 aliphatic carbocycles. The van der Waals surface area contributed by atoms with Crippen LogP contribution in [0.5, 0.6) is 0 Å². The van der Waals surface area contributed by atoms with Gasteiger partial charge in [0.1, 0.15) is 5.69 Å². The van der Waals surface area contributed by atoms with Crippen LogP contribution in [0.1, 0.15) is 5.69 Å². The van der Waals surface area contributed by atoms with E-state index in [9.17, 15) is 4.79 Å². The number of methoxy groups -OCH3 is 1. The van der Waals surface area contributed by atoms with Crippen LogP contribution in [0.3, 0.4) is 0 Å². The molecule has 1 N–H and O–H groups in total. The number of fused-ring (bicyclic) bond motifs is 1. The van der Waals surface area contributed by atoms with E-state index in [2.05, 4.69) is 20.1 Å². The summed E-state index contributed by atoms with van der Waals surface area (Å²) in [6, 6.07) is 8.77. The Morgan fingerprint density at radius 1 is 1.19 bits per heavy atom. The summed E-state index contributed by atoms with van der Waals surface area (Å²) in [4.78, 5) is 25.5. The minimum Gasteiger partial charge on any atom is -0.378 e. The molecule has 8 heteroatoms. The summed E-state index contributed by atoms with van der Waals surface area (Å²) in [5.41, 5.74) is 3.65. The van der Waals surface area contributed by atoms with Crippen LogP contribution in [0.25, 0.3) is 28.2 Å². The minimum atomic E-state index is -0.242. The molecule has 0 saturated carbocycles. The fourth-order valence-electron chi connectivity index (χ4n) is 2.82. The highest BCUT2D eigenvalue weighted by molar-refractivity contribution is 6.30. The lowest BCUT2D eigenvalue weighted by Crippen LogP contribution is -2.14. The Labute approximate surface area is 153 Å². The van der Waals surface area contributed by atoms with Crippen LogP contribution in [0.4, 0.5) is 0 Å². The number of hydrogen-bond donors (Lipinski definition) is 1. The van der Waals surface area contributed by atoms with E-state index in [1.807, 2.05) is 12.1 Å². The first-order chi connectivity index (χ1) is 12.7. The molecule has 0 fully saturated rings. The number of ether oxygens (including phenoxy) is 1. The number of rotatable bonds is 4. The Morgan fingerprint density at radius 3 is 2.69 bits per heavy atom. The van der Waals surface area contributed by atoms with Crippen molar-refractivity contribution in [2.45, 2.75) is 6.61 Å². The minimum absolute atomic E-state index is 0.242. The molecule has 0 amide bonds. The van der Waals surface area contributed by atoms with E-state index in [0.29, 0.717) is 28.7 Å². The van der Waals surface area contributed by atoms with Gasteiger partial charge in [0, 0.05) is 36.2 Å². The second kappa shape index (κ2) is 6.70. The van der Waals surface area contributed by atoms with Crippen molar-refractivity contribution < 1.29 is 4.74 Å². The summed E-state index contributed by atoms with van der Waals surface area (Å²) in [6.45, 7) is 0.307. The fourth-order valence-corrected chi connectivity index (χ4v) is 2.94. The van der Waals surface area contributed by atoms with Crippen molar-refractivity contribution in [3.63, 3.8) is 0 Å². The van der Waals surface area contributed by atoms with Gasteiger partial charge >= 0.3 is 0 Å². The standard InChI is InChI=1S/C18H14ClN5O2/c1-26-10-15-17(11-2-4-12(19)5-3-11)18-22-13(8-16(25)24(18)23-15)14-9-20-6-7-21-14/h2-9,23H,10H2,1H3. The Morgan fingerprint density at radius 2 is 2.00 bits per heavy atom. The Kier molecular flexibility index (Phi) is 4.24. The van der Waals surface area contributed by atoms with E-state index in [1.165, 1.54) is 10.6 Å². The fraction of sp³-hybridized carbons (Fsp3) is 0.111. The number of aromatic amines is 1. The van der Waals surface area contributed by atoms with E-state index in [4.69, 9.17) is 16.3 Å². The van der Waals surface area contributed by atoms with Gasteiger partial charge in [0.2, 0.25) is 0 Å². The van der Waals surface area contributed by atoms with Gasteiger partial charge in [-0.05, 0) is 17.7 Å². The molecule has 4 aromatic rings. The van der Waals surface area contributed by atoms with E-state index >= 15 is 0 Å². The first-order valence-electron chi connectivity index (χ1n) is 7.83. The van der Waals surface area contributed by atoms with Gasteiger partial charge in [0.05, 0.1) is 24.2 Å². The van der Waals surface area contributed by atoms with Gasteiger partial charge in [-0.25, -0.2) is 9.50 Å². The van der Waals surface area contributed by atoms with Gasteiger partial charge in [-0.1, -0.05) is 23.7 Å². The van der Waals surface area contributed by atoms with Crippen molar-refractivity contribution >= 4 is 17.2 Å². The summed E-state index contributed by atoms with van der Waals surface area (Å²) < 4.78 is 6.68. The average Bonchev–Trinajstić information content (AvgIpc) is 3.02. The largest absolute Gasteiger partial charge is 0.378 e. The maximum atomic E-state index is 12.6. The topological polar surface area (TPSA) is 85.2 Å². The van der Waals surface area contributed by atoms with E-state index in [0.717, 1.165) is 16.8 Å². The molecule has 3 heterocycles. The number of nitrogens with zero attached hydrogens (tertiary/aromatic N) is 4. The molecule has 0 radical (unpaired) electrons. The number of benzene rings is 1. The number of hydrogen-bond acceptors (Lipinski definition) is 5. The second-order valence-corrected chi connectivity index (χ2v) is 6.07. The highest BCUT2D eigenvalue weighted by atomic mass is 35.5. The number of aromatic nitrogens is 5. The Balaban J connectivity index is 2.01. The Bertz CT molecular complexity index is 1120. The zero-order chi connectivity index (χ0) is 18.1. The van der Waals surface area contributed by atoms with Crippen molar-refractivity contribution in [3.05, 3.63) is 70.0 Å². The molecular formula is C18H14ClN5O2. The molecule has 0 saturated heterocycles. The van der Waals surface area contributed by atoms with Crippen LogP contribution in [0.2, 0.25) is 5.02 Å². The van der Waals surface area contributed by atoms with Gasteiger partial charge in [-0.3, -0.25) is 19.9 Å². The number of nitrogens with one attached hydrogen (secondary N) is 1. The molecule has 26 heavy (non-hydrogen) atoms. The summed E-state index contributed by atoms with van der Waals surface area (Å²) in [5.74, 6) is 0. The third-order valence-corrected chi connectivity index (χ3v) is 4.19. The molecule has 7 nitrogen and oxygen atoms in total. The molecule has 0 spiro atoms. The third-order valence-electron chi connectivity index (χ3n) is 3.94. The summed E-state index contributed by atoms with van der Waals surface area (Å²) >= 11 is 6.00. The monoisotopic (exact) mass is 367 g/mol. The summed E-state index contributed by atoms with van der Waals surface area (Å²) in [7, 11) is 1.60. The second-order valence-electron chi connectivity index (χ2n) is 5.63. The first kappa shape index (κ1) is 16.4. The van der Waals surface area contributed by atoms with Crippen molar-refractivity contribution in [1.82, 2.24) is 24.6 Å². The SMILES string of the molecule is COCc1[nH]n2c(=O)cc(-c3cnccn3)nc2c1-c1ccc(Cl)cc1. The zero-order valence-electron chi connectivity index (χ0n) is 13.8. The molecule has 4 rings (SSSR count). The molecule has 0 unspecified atom stereocenters. The van der Waals surface area contributed by atoms with Crippen LogP contribution in [0.15, 0.2) is 53.7 Å². The number of halogens is 1. The van der Waals surface area contributed by atoms with Gasteiger partial charge < -0.3 is 4.74 Å². The van der Waals surface area contributed by atoms with Crippen molar-refractivity contribution in [2.24, 2.45) is 0 Å². The smallest absolute Gasteiger partial charge is 0.273 e. The molecule has 130 valence electrons. The summed E-state index contributed by atoms with van der Waals surface area (Å²) in [6.07, 6.45) is 4.70. The Hall–Kier alpha value is -3.03. The molecule has 0 aliphatic heterocycles. The van der Waals surface area contributed by atoms with Gasteiger partial charge in [0.25, 0.3) is 5.56 Å². The predicted octanol–water partition coefficient (Wildman–Crippen LogP) is 2.95.